The first kappa shape index (κ1) is 15.5. The molecule has 1 saturated heterocycles. The Balaban J connectivity index is 0.000000325. The molecule has 6 nitrogen and oxygen atoms in total. The third-order valence-electron chi connectivity index (χ3n) is 1.78. The number of aliphatic carboxylic acids is 1. The molecule has 0 aliphatic carbocycles. The van der Waals surface area contributed by atoms with Gasteiger partial charge >= 0.3 is 18.2 Å². The van der Waals surface area contributed by atoms with Crippen LogP contribution in [0.2, 0.25) is 0 Å². The van der Waals surface area contributed by atoms with Gasteiger partial charge in [0, 0.05) is 18.6 Å². The molecule has 0 radical (unpaired) electrons. The van der Waals surface area contributed by atoms with Gasteiger partial charge < -0.3 is 20.5 Å². The molecule has 0 aromatic carbocycles. The van der Waals surface area contributed by atoms with E-state index in [0.29, 0.717) is 13.1 Å². The average molecular weight is 258 g/mol. The summed E-state index contributed by atoms with van der Waals surface area (Å²) in [6.45, 7) is 3.10. The lowest BCUT2D eigenvalue weighted by Gasteiger charge is -2.44. The maximum Gasteiger partial charge on any atom is 0.490 e. The minimum atomic E-state index is -5.08. The van der Waals surface area contributed by atoms with Gasteiger partial charge in [-0.2, -0.15) is 13.2 Å². The van der Waals surface area contributed by atoms with Crippen molar-refractivity contribution in [3.63, 3.8) is 0 Å². The van der Waals surface area contributed by atoms with Crippen molar-refractivity contribution in [3.8, 4) is 0 Å². The van der Waals surface area contributed by atoms with Crippen LogP contribution in [0, 0.1) is 0 Å². The van der Waals surface area contributed by atoms with E-state index in [1.165, 1.54) is 7.11 Å². The van der Waals surface area contributed by atoms with Gasteiger partial charge in [0.1, 0.15) is 0 Å². The Morgan fingerprint density at radius 2 is 1.76 bits per heavy atom. The van der Waals surface area contributed by atoms with Crippen molar-refractivity contribution in [2.45, 2.75) is 18.6 Å². The molecule has 1 amide bonds. The van der Waals surface area contributed by atoms with Crippen molar-refractivity contribution in [1.82, 2.24) is 4.90 Å². The minimum absolute atomic E-state index is 0.200. The summed E-state index contributed by atoms with van der Waals surface area (Å²) < 4.78 is 36.2. The summed E-state index contributed by atoms with van der Waals surface area (Å²) in [7, 11) is 1.37. The van der Waals surface area contributed by atoms with E-state index in [4.69, 9.17) is 15.6 Å². The number of halogens is 3. The molecule has 0 aromatic rings. The van der Waals surface area contributed by atoms with Crippen LogP contribution in [0.5, 0.6) is 0 Å². The van der Waals surface area contributed by atoms with Gasteiger partial charge in [-0.15, -0.1) is 0 Å². The molecule has 17 heavy (non-hydrogen) atoms. The number of ether oxygens (including phenoxy) is 1. The molecule has 1 aliphatic rings. The molecule has 0 unspecified atom stereocenters. The molecule has 3 N–H and O–H groups in total. The highest BCUT2D eigenvalue weighted by Gasteiger charge is 2.38. The summed E-state index contributed by atoms with van der Waals surface area (Å²) in [6.07, 6.45) is -5.37. The quantitative estimate of drug-likeness (QED) is 0.656. The number of carbonyl (C=O) groups is 2. The molecule has 1 fully saturated rings. The highest BCUT2D eigenvalue weighted by molar-refractivity contribution is 5.73. The largest absolute Gasteiger partial charge is 0.490 e. The number of nitrogens with zero attached hydrogens (tertiary/aromatic N) is 1. The second kappa shape index (κ2) is 5.21. The van der Waals surface area contributed by atoms with E-state index in [2.05, 4.69) is 4.74 Å². The van der Waals surface area contributed by atoms with Gasteiger partial charge in [0.2, 0.25) is 0 Å². The predicted octanol–water partition coefficient (Wildman–Crippen LogP) is 0.419. The monoisotopic (exact) mass is 258 g/mol. The van der Waals surface area contributed by atoms with Crippen LogP contribution >= 0.6 is 0 Å². The molecule has 100 valence electrons. The first-order valence-electron chi connectivity index (χ1n) is 4.41. The summed E-state index contributed by atoms with van der Waals surface area (Å²) >= 11 is 0. The van der Waals surface area contributed by atoms with Crippen LogP contribution in [-0.2, 0) is 9.53 Å². The zero-order valence-corrected chi connectivity index (χ0v) is 9.24. The van der Waals surface area contributed by atoms with Crippen molar-refractivity contribution in [2.24, 2.45) is 5.73 Å². The molecule has 1 heterocycles. The van der Waals surface area contributed by atoms with Gasteiger partial charge in [-0.1, -0.05) is 0 Å². The average Bonchev–Trinajstić information content (AvgIpc) is 2.12. The van der Waals surface area contributed by atoms with Gasteiger partial charge in [0.25, 0.3) is 0 Å². The van der Waals surface area contributed by atoms with Crippen LogP contribution < -0.4 is 5.73 Å². The second-order valence-electron chi connectivity index (χ2n) is 3.78. The Morgan fingerprint density at radius 3 is 1.94 bits per heavy atom. The van der Waals surface area contributed by atoms with Crippen LogP contribution in [0.1, 0.15) is 6.92 Å². The number of amides is 1. The normalized spacial score (nSPS) is 17.4. The molecular weight excluding hydrogens is 245 g/mol. The molecule has 1 rings (SSSR count). The molecular formula is C8H13F3N2O4. The van der Waals surface area contributed by atoms with Crippen LogP contribution in [0.25, 0.3) is 0 Å². The third kappa shape index (κ3) is 5.38. The van der Waals surface area contributed by atoms with E-state index in [-0.39, 0.29) is 11.6 Å². The fourth-order valence-corrected chi connectivity index (χ4v) is 1.08. The maximum atomic E-state index is 10.7. The van der Waals surface area contributed by atoms with Gasteiger partial charge in [0.05, 0.1) is 7.11 Å². The maximum absolute atomic E-state index is 10.7. The first-order valence-corrected chi connectivity index (χ1v) is 4.41. The summed E-state index contributed by atoms with van der Waals surface area (Å²) in [5, 5.41) is 7.12. The molecule has 0 bridgehead atoms. The van der Waals surface area contributed by atoms with Crippen LogP contribution in [0.15, 0.2) is 0 Å². The van der Waals surface area contributed by atoms with Crippen molar-refractivity contribution in [2.75, 3.05) is 20.2 Å². The van der Waals surface area contributed by atoms with E-state index in [1.54, 1.807) is 4.90 Å². The second-order valence-corrected chi connectivity index (χ2v) is 3.78. The third-order valence-corrected chi connectivity index (χ3v) is 1.78. The number of rotatable bonds is 0. The minimum Gasteiger partial charge on any atom is -0.475 e. The predicted molar refractivity (Wildman–Crippen MR) is 50.3 cm³/mol. The van der Waals surface area contributed by atoms with E-state index in [1.807, 2.05) is 6.92 Å². The van der Waals surface area contributed by atoms with Crippen LogP contribution in [0.4, 0.5) is 18.0 Å². The van der Waals surface area contributed by atoms with Gasteiger partial charge in [-0.05, 0) is 6.92 Å². The number of nitrogens with two attached hydrogens (primary N) is 1. The summed E-state index contributed by atoms with van der Waals surface area (Å²) in [5.41, 5.74) is 5.45. The van der Waals surface area contributed by atoms with E-state index >= 15 is 0 Å². The number of likely N-dealkylation sites (tertiary alicyclic amines) is 1. The van der Waals surface area contributed by atoms with Crippen LogP contribution in [0.3, 0.4) is 0 Å². The number of carboxylic acids is 1. The van der Waals surface area contributed by atoms with E-state index in [9.17, 15) is 18.0 Å². The topological polar surface area (TPSA) is 92.9 Å². The van der Waals surface area contributed by atoms with Crippen molar-refractivity contribution >= 4 is 12.1 Å². The number of methoxy groups -OCH3 is 1. The first-order chi connectivity index (χ1) is 7.49. The number of hydrogen-bond acceptors (Lipinski definition) is 4. The fraction of sp³-hybridized carbons (Fsp3) is 0.750. The summed E-state index contributed by atoms with van der Waals surface area (Å²) in [5.74, 6) is -2.76. The Hall–Kier alpha value is -1.51. The number of carbonyl (C=O) groups excluding carboxylic acids is 1. The summed E-state index contributed by atoms with van der Waals surface area (Å²) in [4.78, 5) is 21.2. The smallest absolute Gasteiger partial charge is 0.475 e. The van der Waals surface area contributed by atoms with Crippen molar-refractivity contribution in [3.05, 3.63) is 0 Å². The highest BCUT2D eigenvalue weighted by Crippen LogP contribution is 2.17. The van der Waals surface area contributed by atoms with Crippen molar-refractivity contribution in [1.29, 1.82) is 0 Å². The Bertz CT molecular complexity index is 296. The lowest BCUT2D eigenvalue weighted by molar-refractivity contribution is -0.192. The molecule has 9 heteroatoms. The Morgan fingerprint density at radius 1 is 1.41 bits per heavy atom. The highest BCUT2D eigenvalue weighted by atomic mass is 19.4. The fourth-order valence-electron chi connectivity index (χ4n) is 1.08. The molecule has 1 aliphatic heterocycles. The zero-order valence-electron chi connectivity index (χ0n) is 9.24. The van der Waals surface area contributed by atoms with Crippen molar-refractivity contribution < 1.29 is 32.6 Å². The number of alkyl halides is 3. The van der Waals surface area contributed by atoms with E-state index in [0.717, 1.165) is 0 Å². The Labute approximate surface area is 95.1 Å². The van der Waals surface area contributed by atoms with Gasteiger partial charge in [-0.3, -0.25) is 0 Å². The molecule has 0 atom stereocenters. The SMILES string of the molecule is COC(=O)N1CC(C)(N)C1.O=C(O)C(F)(F)F. The Kier molecular flexibility index (Phi) is 4.75. The number of carboxylic acid groups (broad SMARTS) is 1. The van der Waals surface area contributed by atoms with Crippen LogP contribution in [-0.4, -0.2) is 54.0 Å². The van der Waals surface area contributed by atoms with E-state index < -0.39 is 12.1 Å². The van der Waals surface area contributed by atoms with Gasteiger partial charge in [0.15, 0.2) is 0 Å². The van der Waals surface area contributed by atoms with Gasteiger partial charge in [-0.25, -0.2) is 9.59 Å². The molecule has 0 spiro atoms. The molecule has 0 aromatic heterocycles. The molecule has 0 saturated carbocycles. The lowest BCUT2D eigenvalue weighted by atomic mass is 9.95. The zero-order chi connectivity index (χ0) is 13.9. The summed E-state index contributed by atoms with van der Waals surface area (Å²) in [6, 6.07) is 0. The number of hydrogen-bond donors (Lipinski definition) is 2. The standard InChI is InChI=1S/C6H12N2O2.C2HF3O2/c1-6(7)3-8(4-6)5(9)10-2;3-2(4,5)1(6)7/h3-4,7H2,1-2H3;(H,6,7). The lowest BCUT2D eigenvalue weighted by Crippen LogP contribution is -2.66.